The van der Waals surface area contributed by atoms with Gasteiger partial charge in [0.05, 0.1) is 11.4 Å². The third kappa shape index (κ3) is 4.59. The molecular formula is C22H32N4O. The monoisotopic (exact) mass is 368 g/mol. The van der Waals surface area contributed by atoms with Crippen LogP contribution in [0.5, 0.6) is 0 Å². The van der Waals surface area contributed by atoms with Gasteiger partial charge in [0, 0.05) is 31.3 Å². The van der Waals surface area contributed by atoms with Gasteiger partial charge in [0.1, 0.15) is 0 Å². The van der Waals surface area contributed by atoms with Crippen molar-refractivity contribution in [3.05, 3.63) is 46.8 Å². The molecule has 2 heterocycles. The summed E-state index contributed by atoms with van der Waals surface area (Å²) in [5.74, 6) is 0.923. The van der Waals surface area contributed by atoms with E-state index in [-0.39, 0.29) is 5.91 Å². The van der Waals surface area contributed by atoms with E-state index in [1.807, 2.05) is 35.7 Å². The minimum Gasteiger partial charge on any atom is -0.341 e. The van der Waals surface area contributed by atoms with Gasteiger partial charge in [-0.05, 0) is 70.7 Å². The summed E-state index contributed by atoms with van der Waals surface area (Å²) in [6.07, 6.45) is 4.04. The number of rotatable bonds is 6. The molecule has 0 bridgehead atoms. The smallest absolute Gasteiger partial charge is 0.222 e. The van der Waals surface area contributed by atoms with Crippen LogP contribution in [0.3, 0.4) is 0 Å². The van der Waals surface area contributed by atoms with Crippen molar-refractivity contribution >= 4 is 5.91 Å². The lowest BCUT2D eigenvalue weighted by atomic mass is 9.93. The minimum absolute atomic E-state index is 0.232. The van der Waals surface area contributed by atoms with Crippen LogP contribution in [0, 0.1) is 26.7 Å². The van der Waals surface area contributed by atoms with Crippen molar-refractivity contribution in [2.24, 2.45) is 5.92 Å². The largest absolute Gasteiger partial charge is 0.341 e. The van der Waals surface area contributed by atoms with Crippen molar-refractivity contribution in [2.75, 3.05) is 20.1 Å². The Morgan fingerprint density at radius 3 is 2.63 bits per heavy atom. The highest BCUT2D eigenvalue weighted by Crippen LogP contribution is 2.22. The zero-order chi connectivity index (χ0) is 19.4. The molecule has 0 spiro atoms. The number of aromatic nitrogens is 2. The summed E-state index contributed by atoms with van der Waals surface area (Å²) in [6, 6.07) is 8.27. The quantitative estimate of drug-likeness (QED) is 0.848. The number of amides is 1. The van der Waals surface area contributed by atoms with E-state index in [9.17, 15) is 4.79 Å². The van der Waals surface area contributed by atoms with Crippen LogP contribution in [0.1, 0.15) is 48.2 Å². The Bertz CT molecular complexity index is 790. The molecule has 1 fully saturated rings. The average Bonchev–Trinajstić information content (AvgIpc) is 2.95. The molecule has 2 aromatic rings. The number of nitrogens with one attached hydrogen (secondary N) is 1. The molecule has 3 rings (SSSR count). The summed E-state index contributed by atoms with van der Waals surface area (Å²) >= 11 is 0. The summed E-state index contributed by atoms with van der Waals surface area (Å²) < 4.78 is 2.01. The number of aryl methyl sites for hydroxylation is 2. The number of para-hydroxylation sites is 1. The maximum Gasteiger partial charge on any atom is 0.222 e. The fourth-order valence-corrected chi connectivity index (χ4v) is 3.95. The van der Waals surface area contributed by atoms with Crippen LogP contribution >= 0.6 is 0 Å². The van der Waals surface area contributed by atoms with Gasteiger partial charge in [0.15, 0.2) is 0 Å². The lowest BCUT2D eigenvalue weighted by Crippen LogP contribution is -2.30. The molecule has 0 aliphatic carbocycles. The molecule has 1 N–H and O–H groups in total. The average molecular weight is 369 g/mol. The van der Waals surface area contributed by atoms with Crippen molar-refractivity contribution in [2.45, 2.75) is 53.0 Å². The zero-order valence-corrected chi connectivity index (χ0v) is 17.1. The van der Waals surface area contributed by atoms with Crippen LogP contribution in [0.15, 0.2) is 24.3 Å². The molecular weight excluding hydrogens is 336 g/mol. The first-order valence-electron chi connectivity index (χ1n) is 10.0. The van der Waals surface area contributed by atoms with E-state index in [1.54, 1.807) is 0 Å². The van der Waals surface area contributed by atoms with Gasteiger partial charge < -0.3 is 10.2 Å². The molecule has 1 amide bonds. The Kier molecular flexibility index (Phi) is 6.32. The van der Waals surface area contributed by atoms with Crippen LogP contribution in [-0.4, -0.2) is 40.7 Å². The van der Waals surface area contributed by atoms with Crippen LogP contribution in [0.4, 0.5) is 0 Å². The summed E-state index contributed by atoms with van der Waals surface area (Å²) in [5.41, 5.74) is 5.55. The van der Waals surface area contributed by atoms with E-state index in [4.69, 9.17) is 5.10 Å². The van der Waals surface area contributed by atoms with E-state index < -0.39 is 0 Å². The van der Waals surface area contributed by atoms with Gasteiger partial charge in [-0.2, -0.15) is 5.10 Å². The van der Waals surface area contributed by atoms with Gasteiger partial charge in [0.2, 0.25) is 5.91 Å². The number of benzene rings is 1. The summed E-state index contributed by atoms with van der Waals surface area (Å²) in [4.78, 5) is 14.5. The SMILES string of the molecule is Cc1ccccc1-n1nc(C)c(CN(C)C(=O)CCC2CCNCC2)c1C. The Morgan fingerprint density at radius 2 is 1.93 bits per heavy atom. The van der Waals surface area contributed by atoms with Gasteiger partial charge >= 0.3 is 0 Å². The molecule has 0 radical (unpaired) electrons. The fourth-order valence-electron chi connectivity index (χ4n) is 3.95. The van der Waals surface area contributed by atoms with E-state index in [1.165, 1.54) is 18.4 Å². The van der Waals surface area contributed by atoms with Crippen molar-refractivity contribution in [3.63, 3.8) is 0 Å². The van der Waals surface area contributed by atoms with Crippen molar-refractivity contribution < 1.29 is 4.79 Å². The predicted molar refractivity (Wildman–Crippen MR) is 109 cm³/mol. The standard InChI is InChI=1S/C22H32N4O/c1-16-7-5-6-8-21(16)26-18(3)20(17(2)24-26)15-25(4)22(27)10-9-19-11-13-23-14-12-19/h5-8,19,23H,9-15H2,1-4H3. The van der Waals surface area contributed by atoms with Gasteiger partial charge in [-0.15, -0.1) is 0 Å². The molecule has 146 valence electrons. The Labute approximate surface area is 162 Å². The molecule has 5 heteroatoms. The minimum atomic E-state index is 0.232. The number of hydrogen-bond acceptors (Lipinski definition) is 3. The molecule has 5 nitrogen and oxygen atoms in total. The molecule has 27 heavy (non-hydrogen) atoms. The third-order valence-electron chi connectivity index (χ3n) is 5.83. The lowest BCUT2D eigenvalue weighted by molar-refractivity contribution is -0.130. The van der Waals surface area contributed by atoms with Crippen LogP contribution < -0.4 is 5.32 Å². The maximum absolute atomic E-state index is 12.6. The van der Waals surface area contributed by atoms with Crippen molar-refractivity contribution in [1.29, 1.82) is 0 Å². The van der Waals surface area contributed by atoms with Gasteiger partial charge in [-0.3, -0.25) is 4.79 Å². The Balaban J connectivity index is 1.66. The van der Waals surface area contributed by atoms with Crippen LogP contribution in [-0.2, 0) is 11.3 Å². The first kappa shape index (κ1) is 19.6. The van der Waals surface area contributed by atoms with E-state index >= 15 is 0 Å². The molecule has 1 aliphatic rings. The molecule has 1 aliphatic heterocycles. The molecule has 0 atom stereocenters. The van der Waals surface area contributed by atoms with E-state index in [2.05, 4.69) is 31.3 Å². The second-order valence-corrected chi connectivity index (χ2v) is 7.83. The topological polar surface area (TPSA) is 50.2 Å². The van der Waals surface area contributed by atoms with Crippen molar-refractivity contribution in [3.8, 4) is 5.69 Å². The highest BCUT2D eigenvalue weighted by molar-refractivity contribution is 5.75. The maximum atomic E-state index is 12.6. The second-order valence-electron chi connectivity index (χ2n) is 7.83. The second kappa shape index (κ2) is 8.70. The van der Waals surface area contributed by atoms with Gasteiger partial charge in [-0.25, -0.2) is 4.68 Å². The highest BCUT2D eigenvalue weighted by Gasteiger charge is 2.19. The number of hydrogen-bond donors (Lipinski definition) is 1. The van der Waals surface area contributed by atoms with Gasteiger partial charge in [0.25, 0.3) is 0 Å². The zero-order valence-electron chi connectivity index (χ0n) is 17.1. The van der Waals surface area contributed by atoms with Crippen LogP contribution in [0.25, 0.3) is 5.69 Å². The predicted octanol–water partition coefficient (Wildman–Crippen LogP) is 3.54. The van der Waals surface area contributed by atoms with Crippen LogP contribution in [0.2, 0.25) is 0 Å². The molecule has 1 aromatic heterocycles. The number of piperidine rings is 1. The van der Waals surface area contributed by atoms with Gasteiger partial charge in [-0.1, -0.05) is 18.2 Å². The summed E-state index contributed by atoms with van der Waals surface area (Å²) in [7, 11) is 1.91. The van der Waals surface area contributed by atoms with Crippen molar-refractivity contribution in [1.82, 2.24) is 20.0 Å². The van der Waals surface area contributed by atoms with E-state index in [0.29, 0.717) is 18.9 Å². The van der Waals surface area contributed by atoms with E-state index in [0.717, 1.165) is 42.1 Å². The first-order valence-corrected chi connectivity index (χ1v) is 10.0. The number of nitrogens with zero attached hydrogens (tertiary/aromatic N) is 3. The molecule has 0 saturated carbocycles. The molecule has 1 aromatic carbocycles. The summed E-state index contributed by atoms with van der Waals surface area (Å²) in [6.45, 7) is 9.02. The lowest BCUT2D eigenvalue weighted by Gasteiger charge is -2.23. The molecule has 1 saturated heterocycles. The summed E-state index contributed by atoms with van der Waals surface area (Å²) in [5, 5.41) is 8.13. The third-order valence-corrected chi connectivity index (χ3v) is 5.83. The Morgan fingerprint density at radius 1 is 1.22 bits per heavy atom. The normalized spacial score (nSPS) is 15.1. The number of carbonyl (C=O) groups is 1. The fraction of sp³-hybridized carbons (Fsp3) is 0.545. The first-order chi connectivity index (χ1) is 13.0. The number of carbonyl (C=O) groups excluding carboxylic acids is 1. The molecule has 0 unspecified atom stereocenters. The highest BCUT2D eigenvalue weighted by atomic mass is 16.2. The Hall–Kier alpha value is -2.14.